The summed E-state index contributed by atoms with van der Waals surface area (Å²) in [5.41, 5.74) is 0.889. The molecule has 0 aromatic heterocycles. The molecule has 3 rings (SSSR count). The second kappa shape index (κ2) is 6.12. The van der Waals surface area contributed by atoms with E-state index in [1.807, 2.05) is 11.8 Å². The molecule has 1 saturated heterocycles. The van der Waals surface area contributed by atoms with Gasteiger partial charge in [-0.15, -0.1) is 0 Å². The molecule has 0 aliphatic carbocycles. The van der Waals surface area contributed by atoms with E-state index >= 15 is 0 Å². The number of esters is 1. The second-order valence-corrected chi connectivity index (χ2v) is 5.77. The minimum Gasteiger partial charge on any atom is -0.465 e. The molecule has 0 saturated carbocycles. The minimum atomic E-state index is -0.394. The van der Waals surface area contributed by atoms with Gasteiger partial charge >= 0.3 is 5.97 Å². The van der Waals surface area contributed by atoms with Crippen molar-refractivity contribution in [2.75, 3.05) is 19.7 Å². The summed E-state index contributed by atoms with van der Waals surface area (Å²) in [6, 6.07) is 6.16. The number of imide groups is 1. The van der Waals surface area contributed by atoms with E-state index in [0.29, 0.717) is 37.2 Å². The van der Waals surface area contributed by atoms with Crippen molar-refractivity contribution < 1.29 is 19.1 Å². The van der Waals surface area contributed by atoms with E-state index in [9.17, 15) is 14.4 Å². The fraction of sp³-hybridized carbons (Fsp3) is 0.471. The van der Waals surface area contributed by atoms with Crippen molar-refractivity contribution in [1.29, 1.82) is 0 Å². The average Bonchev–Trinajstić information content (AvgIpc) is 3.08. The van der Waals surface area contributed by atoms with E-state index in [2.05, 4.69) is 0 Å². The van der Waals surface area contributed by atoms with Crippen molar-refractivity contribution in [2.45, 2.75) is 32.4 Å². The number of carbonyl (C=O) groups excluding carboxylic acids is 3. The number of fused-ring (bicyclic) bond motifs is 1. The number of rotatable bonds is 4. The Hall–Kier alpha value is -2.21. The predicted molar refractivity (Wildman–Crippen MR) is 83.0 cm³/mol. The van der Waals surface area contributed by atoms with Gasteiger partial charge in [0.1, 0.15) is 6.04 Å². The molecule has 2 atom stereocenters. The Morgan fingerprint density at radius 1 is 1.17 bits per heavy atom. The zero-order valence-corrected chi connectivity index (χ0v) is 13.3. The number of hydrogen-bond acceptors (Lipinski definition) is 5. The molecule has 2 aliphatic rings. The zero-order valence-electron chi connectivity index (χ0n) is 13.3. The van der Waals surface area contributed by atoms with E-state index in [1.165, 1.54) is 4.90 Å². The van der Waals surface area contributed by atoms with Crippen molar-refractivity contribution in [1.82, 2.24) is 9.80 Å². The lowest BCUT2D eigenvalue weighted by Crippen LogP contribution is -2.41. The van der Waals surface area contributed by atoms with Gasteiger partial charge in [-0.2, -0.15) is 0 Å². The van der Waals surface area contributed by atoms with E-state index in [4.69, 9.17) is 4.74 Å². The third kappa shape index (κ3) is 2.53. The number of amides is 2. The second-order valence-electron chi connectivity index (χ2n) is 5.77. The van der Waals surface area contributed by atoms with E-state index in [1.54, 1.807) is 31.2 Å². The van der Waals surface area contributed by atoms with Crippen molar-refractivity contribution in [3.05, 3.63) is 35.4 Å². The molecular weight excluding hydrogens is 296 g/mol. The molecule has 6 heteroatoms. The maximum absolute atomic E-state index is 12.6. The van der Waals surface area contributed by atoms with Gasteiger partial charge in [-0.1, -0.05) is 19.1 Å². The van der Waals surface area contributed by atoms with Crippen molar-refractivity contribution in [2.24, 2.45) is 0 Å². The molecular formula is C17H20N2O4. The summed E-state index contributed by atoms with van der Waals surface area (Å²) in [5.74, 6) is -0.819. The van der Waals surface area contributed by atoms with Crippen LogP contribution < -0.4 is 0 Å². The van der Waals surface area contributed by atoms with Gasteiger partial charge in [0, 0.05) is 6.54 Å². The maximum Gasteiger partial charge on any atom is 0.323 e. The summed E-state index contributed by atoms with van der Waals surface area (Å²) in [7, 11) is 0. The molecule has 0 spiro atoms. The third-order valence-electron chi connectivity index (χ3n) is 4.54. The topological polar surface area (TPSA) is 66.9 Å². The van der Waals surface area contributed by atoms with Crippen molar-refractivity contribution in [3.8, 4) is 0 Å². The molecule has 1 fully saturated rings. The number of benzene rings is 1. The van der Waals surface area contributed by atoms with Crippen molar-refractivity contribution in [3.63, 3.8) is 0 Å². The molecule has 1 aromatic rings. The zero-order chi connectivity index (χ0) is 16.6. The first-order valence-corrected chi connectivity index (χ1v) is 7.96. The van der Waals surface area contributed by atoms with Crippen LogP contribution in [0.3, 0.4) is 0 Å². The number of likely N-dealkylation sites (tertiary alicyclic amines) is 1. The number of hydrogen-bond donors (Lipinski definition) is 0. The Balaban J connectivity index is 1.83. The normalized spacial score (nSPS) is 24.2. The number of nitrogens with zero attached hydrogens (tertiary/aromatic N) is 2. The smallest absolute Gasteiger partial charge is 0.323 e. The standard InChI is InChI=1S/C17H20N2O4/c1-3-18-10-11(9-14(18)17(22)23-4-2)19-15(20)12-7-5-6-8-13(12)16(19)21/h5-8,11,14H,3-4,9-10H2,1-2H3/t11-,14-/m0/s1. The first-order valence-electron chi connectivity index (χ1n) is 7.96. The molecule has 2 heterocycles. The maximum atomic E-state index is 12.6. The highest BCUT2D eigenvalue weighted by atomic mass is 16.5. The molecule has 1 aromatic carbocycles. The molecule has 122 valence electrons. The Kier molecular flexibility index (Phi) is 4.17. The van der Waals surface area contributed by atoms with E-state index in [0.717, 1.165) is 0 Å². The molecule has 2 aliphatic heterocycles. The highest BCUT2D eigenvalue weighted by Gasteiger charge is 2.46. The largest absolute Gasteiger partial charge is 0.465 e. The van der Waals surface area contributed by atoms with Gasteiger partial charge in [0.25, 0.3) is 11.8 Å². The summed E-state index contributed by atoms with van der Waals surface area (Å²) >= 11 is 0. The van der Waals surface area contributed by atoms with Crippen LogP contribution in [0.5, 0.6) is 0 Å². The van der Waals surface area contributed by atoms with E-state index in [-0.39, 0.29) is 23.8 Å². The third-order valence-corrected chi connectivity index (χ3v) is 4.54. The molecule has 2 amide bonds. The Bertz CT molecular complexity index is 623. The molecule has 0 radical (unpaired) electrons. The molecule has 0 bridgehead atoms. The van der Waals surface area contributed by atoms with Gasteiger partial charge < -0.3 is 4.74 Å². The van der Waals surface area contributed by atoms with Gasteiger partial charge in [-0.25, -0.2) is 0 Å². The van der Waals surface area contributed by atoms with Gasteiger partial charge in [0.05, 0.1) is 23.8 Å². The molecule has 6 nitrogen and oxygen atoms in total. The summed E-state index contributed by atoms with van der Waals surface area (Å²) < 4.78 is 5.12. The molecule has 23 heavy (non-hydrogen) atoms. The fourth-order valence-corrected chi connectivity index (χ4v) is 3.44. The van der Waals surface area contributed by atoms with Crippen LogP contribution in [0, 0.1) is 0 Å². The van der Waals surface area contributed by atoms with Crippen LogP contribution in [-0.2, 0) is 9.53 Å². The first-order chi connectivity index (χ1) is 11.1. The Morgan fingerprint density at radius 3 is 2.30 bits per heavy atom. The number of carbonyl (C=O) groups is 3. The van der Waals surface area contributed by atoms with Crippen LogP contribution >= 0.6 is 0 Å². The van der Waals surface area contributed by atoms with Crippen LogP contribution in [0.25, 0.3) is 0 Å². The van der Waals surface area contributed by atoms with Crippen molar-refractivity contribution >= 4 is 17.8 Å². The summed E-state index contributed by atoms with van der Waals surface area (Å²) in [6.45, 7) is 5.22. The highest BCUT2D eigenvalue weighted by Crippen LogP contribution is 2.30. The predicted octanol–water partition coefficient (Wildman–Crippen LogP) is 1.31. The minimum absolute atomic E-state index is 0.267. The van der Waals surface area contributed by atoms with E-state index < -0.39 is 6.04 Å². The lowest BCUT2D eigenvalue weighted by molar-refractivity contribution is -0.148. The quantitative estimate of drug-likeness (QED) is 0.619. The molecule has 0 unspecified atom stereocenters. The highest BCUT2D eigenvalue weighted by molar-refractivity contribution is 6.21. The van der Waals surface area contributed by atoms with Crippen LogP contribution in [-0.4, -0.2) is 59.4 Å². The summed E-state index contributed by atoms with van der Waals surface area (Å²) in [5, 5.41) is 0. The average molecular weight is 316 g/mol. The lowest BCUT2D eigenvalue weighted by Gasteiger charge is -2.22. The number of ether oxygens (including phenoxy) is 1. The fourth-order valence-electron chi connectivity index (χ4n) is 3.44. The van der Waals surface area contributed by atoms with Gasteiger partial charge in [0.15, 0.2) is 0 Å². The van der Waals surface area contributed by atoms with Crippen LogP contribution in [0.1, 0.15) is 41.0 Å². The van der Waals surface area contributed by atoms with Crippen LogP contribution in [0.4, 0.5) is 0 Å². The lowest BCUT2D eigenvalue weighted by atomic mass is 10.1. The summed E-state index contributed by atoms with van der Waals surface area (Å²) in [6.07, 6.45) is 0.429. The monoisotopic (exact) mass is 316 g/mol. The first kappa shape index (κ1) is 15.7. The Morgan fingerprint density at radius 2 is 1.78 bits per heavy atom. The van der Waals surface area contributed by atoms with Gasteiger partial charge in [-0.05, 0) is 32.0 Å². The van der Waals surface area contributed by atoms with Crippen LogP contribution in [0.2, 0.25) is 0 Å². The van der Waals surface area contributed by atoms with Gasteiger partial charge in [-0.3, -0.25) is 24.2 Å². The number of likely N-dealkylation sites (N-methyl/N-ethyl adjacent to an activating group) is 1. The molecule has 0 N–H and O–H groups in total. The SMILES string of the molecule is CCOC(=O)[C@@H]1C[C@H](N2C(=O)c3ccccc3C2=O)CN1CC. The summed E-state index contributed by atoms with van der Waals surface area (Å²) in [4.78, 5) is 40.5. The van der Waals surface area contributed by atoms with Gasteiger partial charge in [0.2, 0.25) is 0 Å². The Labute approximate surface area is 135 Å². The van der Waals surface area contributed by atoms with Crippen LogP contribution in [0.15, 0.2) is 24.3 Å².